The summed E-state index contributed by atoms with van der Waals surface area (Å²) in [6, 6.07) is 2.08. The summed E-state index contributed by atoms with van der Waals surface area (Å²) in [6.07, 6.45) is 5.17. The van der Waals surface area contributed by atoms with Crippen LogP contribution in [0.1, 0.15) is 56.8 Å². The summed E-state index contributed by atoms with van der Waals surface area (Å²) in [5.41, 5.74) is 2.42. The van der Waals surface area contributed by atoms with Gasteiger partial charge in [0.05, 0.1) is 0 Å². The minimum atomic E-state index is 0.269. The fourth-order valence-corrected chi connectivity index (χ4v) is 3.03. The van der Waals surface area contributed by atoms with Gasteiger partial charge in [-0.1, -0.05) is 26.7 Å². The van der Waals surface area contributed by atoms with Gasteiger partial charge in [0, 0.05) is 23.5 Å². The molecule has 20 heavy (non-hydrogen) atoms. The Morgan fingerprint density at radius 1 is 1.25 bits per heavy atom. The van der Waals surface area contributed by atoms with Crippen molar-refractivity contribution in [1.82, 2.24) is 14.9 Å². The maximum atomic E-state index is 4.64. The lowest BCUT2D eigenvalue weighted by Gasteiger charge is -2.36. The highest BCUT2D eigenvalue weighted by Crippen LogP contribution is 2.33. The number of aromatic nitrogens is 2. The van der Waals surface area contributed by atoms with Crippen LogP contribution in [0.15, 0.2) is 6.07 Å². The van der Waals surface area contributed by atoms with Crippen LogP contribution in [0.5, 0.6) is 0 Å². The second-order valence-electron chi connectivity index (χ2n) is 6.59. The standard InChI is InChI=1S/C16H28N4/c1-12(2)14-10-13(3)18-15(19-14)17-11-16(20(4)5)8-6-7-9-16/h10,12H,6-9,11H2,1-5H3,(H,17,18,19). The molecule has 1 aromatic rings. The summed E-state index contributed by atoms with van der Waals surface area (Å²) in [5, 5.41) is 3.48. The fourth-order valence-electron chi connectivity index (χ4n) is 3.03. The van der Waals surface area contributed by atoms with Crippen LogP contribution in [-0.2, 0) is 0 Å². The van der Waals surface area contributed by atoms with Crippen molar-refractivity contribution < 1.29 is 0 Å². The number of hydrogen-bond donors (Lipinski definition) is 1. The van der Waals surface area contributed by atoms with E-state index in [1.165, 1.54) is 25.7 Å². The Morgan fingerprint density at radius 3 is 2.45 bits per heavy atom. The van der Waals surface area contributed by atoms with Gasteiger partial charge in [0.25, 0.3) is 0 Å². The molecule has 0 amide bonds. The van der Waals surface area contributed by atoms with E-state index < -0.39 is 0 Å². The number of anilines is 1. The number of nitrogens with zero attached hydrogens (tertiary/aromatic N) is 3. The summed E-state index contributed by atoms with van der Waals surface area (Å²) in [7, 11) is 4.37. The van der Waals surface area contributed by atoms with Crippen LogP contribution in [0, 0.1) is 6.92 Å². The number of rotatable bonds is 5. The normalized spacial score (nSPS) is 17.9. The van der Waals surface area contributed by atoms with Crippen LogP contribution >= 0.6 is 0 Å². The minimum Gasteiger partial charge on any atom is -0.352 e. The van der Waals surface area contributed by atoms with Crippen LogP contribution in [0.25, 0.3) is 0 Å². The maximum absolute atomic E-state index is 4.64. The molecule has 1 N–H and O–H groups in total. The van der Waals surface area contributed by atoms with E-state index in [1.807, 2.05) is 6.92 Å². The number of hydrogen-bond acceptors (Lipinski definition) is 4. The summed E-state index contributed by atoms with van der Waals surface area (Å²) in [4.78, 5) is 11.5. The van der Waals surface area contributed by atoms with Crippen molar-refractivity contribution in [1.29, 1.82) is 0 Å². The van der Waals surface area contributed by atoms with Gasteiger partial charge in [0.15, 0.2) is 0 Å². The zero-order valence-electron chi connectivity index (χ0n) is 13.5. The lowest BCUT2D eigenvalue weighted by Crippen LogP contribution is -2.47. The first-order chi connectivity index (χ1) is 9.43. The molecule has 0 radical (unpaired) electrons. The van der Waals surface area contributed by atoms with E-state index in [1.54, 1.807) is 0 Å². The Bertz CT molecular complexity index is 448. The third kappa shape index (κ3) is 3.29. The molecule has 1 aromatic heterocycles. The number of aryl methyl sites for hydroxylation is 1. The summed E-state index contributed by atoms with van der Waals surface area (Å²) < 4.78 is 0. The predicted octanol–water partition coefficient (Wildman–Crippen LogP) is 3.19. The first-order valence-corrected chi connectivity index (χ1v) is 7.70. The molecule has 1 saturated carbocycles. The zero-order valence-corrected chi connectivity index (χ0v) is 13.5. The average Bonchev–Trinajstić information content (AvgIpc) is 2.86. The molecule has 0 aliphatic heterocycles. The first kappa shape index (κ1) is 15.2. The Morgan fingerprint density at radius 2 is 1.90 bits per heavy atom. The lowest BCUT2D eigenvalue weighted by molar-refractivity contribution is 0.172. The van der Waals surface area contributed by atoms with E-state index in [-0.39, 0.29) is 5.54 Å². The molecule has 1 aliphatic carbocycles. The zero-order chi connectivity index (χ0) is 14.8. The Labute approximate surface area is 123 Å². The Kier molecular flexibility index (Phi) is 4.63. The molecule has 1 heterocycles. The summed E-state index contributed by atoms with van der Waals surface area (Å²) >= 11 is 0. The van der Waals surface area contributed by atoms with Gasteiger partial charge in [-0.3, -0.25) is 0 Å². The predicted molar refractivity (Wildman–Crippen MR) is 84.2 cm³/mol. The van der Waals surface area contributed by atoms with Gasteiger partial charge in [-0.2, -0.15) is 0 Å². The van der Waals surface area contributed by atoms with Crippen molar-refractivity contribution in [3.05, 3.63) is 17.5 Å². The van der Waals surface area contributed by atoms with E-state index in [2.05, 4.69) is 54.2 Å². The first-order valence-electron chi connectivity index (χ1n) is 7.70. The van der Waals surface area contributed by atoms with E-state index in [4.69, 9.17) is 0 Å². The number of nitrogens with one attached hydrogen (secondary N) is 1. The highest BCUT2D eigenvalue weighted by atomic mass is 15.2. The lowest BCUT2D eigenvalue weighted by atomic mass is 9.96. The highest BCUT2D eigenvalue weighted by Gasteiger charge is 2.35. The van der Waals surface area contributed by atoms with Crippen molar-refractivity contribution in [3.63, 3.8) is 0 Å². The molecule has 0 atom stereocenters. The van der Waals surface area contributed by atoms with Crippen LogP contribution in [0.3, 0.4) is 0 Å². The van der Waals surface area contributed by atoms with E-state index in [0.29, 0.717) is 5.92 Å². The number of likely N-dealkylation sites (N-methyl/N-ethyl adjacent to an activating group) is 1. The second-order valence-corrected chi connectivity index (χ2v) is 6.59. The summed E-state index contributed by atoms with van der Waals surface area (Å²) in [5.74, 6) is 1.22. The van der Waals surface area contributed by atoms with Gasteiger partial charge in [0.2, 0.25) is 5.95 Å². The molecule has 2 rings (SSSR count). The topological polar surface area (TPSA) is 41.1 Å². The van der Waals surface area contributed by atoms with Crippen LogP contribution in [-0.4, -0.2) is 41.0 Å². The van der Waals surface area contributed by atoms with Gasteiger partial charge in [-0.25, -0.2) is 9.97 Å². The van der Waals surface area contributed by atoms with Gasteiger partial charge < -0.3 is 10.2 Å². The fraction of sp³-hybridized carbons (Fsp3) is 0.750. The van der Waals surface area contributed by atoms with E-state index in [0.717, 1.165) is 23.9 Å². The molecule has 1 aliphatic rings. The quantitative estimate of drug-likeness (QED) is 0.896. The molecule has 0 bridgehead atoms. The monoisotopic (exact) mass is 276 g/mol. The van der Waals surface area contributed by atoms with E-state index in [9.17, 15) is 0 Å². The molecule has 4 nitrogen and oxygen atoms in total. The molecular formula is C16H28N4. The van der Waals surface area contributed by atoms with Crippen LogP contribution in [0.2, 0.25) is 0 Å². The third-order valence-corrected chi connectivity index (χ3v) is 4.52. The van der Waals surface area contributed by atoms with Crippen LogP contribution in [0.4, 0.5) is 5.95 Å². The highest BCUT2D eigenvalue weighted by molar-refractivity contribution is 5.30. The smallest absolute Gasteiger partial charge is 0.223 e. The minimum absolute atomic E-state index is 0.269. The SMILES string of the molecule is Cc1cc(C(C)C)nc(NCC2(N(C)C)CCCC2)n1. The molecular weight excluding hydrogens is 248 g/mol. The average molecular weight is 276 g/mol. The molecule has 0 aromatic carbocycles. The van der Waals surface area contributed by atoms with Crippen molar-refractivity contribution in [2.24, 2.45) is 0 Å². The van der Waals surface area contributed by atoms with Crippen molar-refractivity contribution in [3.8, 4) is 0 Å². The van der Waals surface area contributed by atoms with Crippen molar-refractivity contribution >= 4 is 5.95 Å². The Hall–Kier alpha value is -1.16. The van der Waals surface area contributed by atoms with Gasteiger partial charge in [-0.15, -0.1) is 0 Å². The molecule has 1 fully saturated rings. The molecule has 0 spiro atoms. The van der Waals surface area contributed by atoms with Crippen molar-refractivity contribution in [2.75, 3.05) is 26.0 Å². The van der Waals surface area contributed by atoms with Gasteiger partial charge in [-0.05, 0) is 45.8 Å². The largest absolute Gasteiger partial charge is 0.352 e. The molecule has 0 saturated heterocycles. The van der Waals surface area contributed by atoms with E-state index >= 15 is 0 Å². The summed E-state index contributed by atoms with van der Waals surface area (Å²) in [6.45, 7) is 7.31. The molecule has 112 valence electrons. The van der Waals surface area contributed by atoms with Gasteiger partial charge in [0.1, 0.15) is 0 Å². The molecule has 4 heteroatoms. The van der Waals surface area contributed by atoms with Crippen LogP contribution < -0.4 is 5.32 Å². The van der Waals surface area contributed by atoms with Crippen molar-refractivity contribution in [2.45, 2.75) is 57.9 Å². The maximum Gasteiger partial charge on any atom is 0.223 e. The van der Waals surface area contributed by atoms with Gasteiger partial charge >= 0.3 is 0 Å². The Balaban J connectivity index is 2.10. The third-order valence-electron chi connectivity index (χ3n) is 4.52. The molecule has 0 unspecified atom stereocenters. The second kappa shape index (κ2) is 6.08.